The molecular formula is C21H22BrN3O3S. The quantitative estimate of drug-likeness (QED) is 0.682. The number of methoxy groups -OCH3 is 1. The molecule has 2 aliphatic heterocycles. The van der Waals surface area contributed by atoms with Gasteiger partial charge in [-0.15, -0.1) is 0 Å². The zero-order valence-corrected chi connectivity index (χ0v) is 19.0. The Labute approximate surface area is 183 Å². The second-order valence-electron chi connectivity index (χ2n) is 7.51. The summed E-state index contributed by atoms with van der Waals surface area (Å²) in [5, 5.41) is 3.90. The number of nitrogens with zero attached hydrogens (tertiary/aromatic N) is 2. The molecule has 0 radical (unpaired) electrons. The van der Waals surface area contributed by atoms with Crippen LogP contribution in [0, 0.1) is 5.92 Å². The van der Waals surface area contributed by atoms with Gasteiger partial charge in [0.1, 0.15) is 17.4 Å². The van der Waals surface area contributed by atoms with Crippen LogP contribution in [0.2, 0.25) is 0 Å². The molecule has 0 aromatic heterocycles. The molecule has 2 aliphatic rings. The van der Waals surface area contributed by atoms with Crippen LogP contribution in [-0.4, -0.2) is 42.8 Å². The van der Waals surface area contributed by atoms with Crippen molar-refractivity contribution in [3.8, 4) is 11.5 Å². The molecule has 2 bridgehead atoms. The molecule has 0 aliphatic carbocycles. The second kappa shape index (κ2) is 7.18. The maximum atomic E-state index is 13.3. The standard InChI is InChI=1S/C21H22BrN3O3S/c1-21-17(19(26)24(2)3)18(15-11-14(27-4)9-10-16(15)28-21)23-20(29)25(21)13-7-5-12(22)6-8-13/h5-11,17-18H,1-4H3,(H,23,29)/t17-,18-,21+/m1/s1. The van der Waals surface area contributed by atoms with Crippen LogP contribution in [0.25, 0.3) is 0 Å². The van der Waals surface area contributed by atoms with Crippen molar-refractivity contribution < 1.29 is 14.3 Å². The van der Waals surface area contributed by atoms with E-state index in [9.17, 15) is 4.79 Å². The Kier molecular flexibility index (Phi) is 4.94. The summed E-state index contributed by atoms with van der Waals surface area (Å²) < 4.78 is 12.9. The van der Waals surface area contributed by atoms with E-state index in [0.29, 0.717) is 16.6 Å². The number of thiocarbonyl (C=S) groups is 1. The fourth-order valence-electron chi connectivity index (χ4n) is 4.12. The smallest absolute Gasteiger partial charge is 0.233 e. The number of fused-ring (bicyclic) bond motifs is 4. The average Bonchev–Trinajstić information content (AvgIpc) is 2.68. The molecule has 2 aromatic rings. The molecule has 29 heavy (non-hydrogen) atoms. The summed E-state index contributed by atoms with van der Waals surface area (Å²) in [6.07, 6.45) is 0. The highest BCUT2D eigenvalue weighted by Gasteiger charge is 2.59. The van der Waals surface area contributed by atoms with Gasteiger partial charge in [0.2, 0.25) is 5.91 Å². The van der Waals surface area contributed by atoms with E-state index in [4.69, 9.17) is 21.7 Å². The van der Waals surface area contributed by atoms with Gasteiger partial charge in [0.05, 0.1) is 13.2 Å². The average molecular weight is 476 g/mol. The number of ether oxygens (including phenoxy) is 2. The van der Waals surface area contributed by atoms with E-state index in [-0.39, 0.29) is 11.9 Å². The minimum absolute atomic E-state index is 0.0388. The Balaban J connectivity index is 1.90. The Morgan fingerprint density at radius 1 is 1.28 bits per heavy atom. The van der Waals surface area contributed by atoms with E-state index < -0.39 is 11.6 Å². The fourth-order valence-corrected chi connectivity index (χ4v) is 4.80. The Hall–Kier alpha value is -2.32. The van der Waals surface area contributed by atoms with Crippen molar-refractivity contribution in [1.29, 1.82) is 0 Å². The van der Waals surface area contributed by atoms with Gasteiger partial charge < -0.3 is 19.7 Å². The van der Waals surface area contributed by atoms with Crippen LogP contribution in [-0.2, 0) is 4.79 Å². The summed E-state index contributed by atoms with van der Waals surface area (Å²) in [5.74, 6) is 0.851. The summed E-state index contributed by atoms with van der Waals surface area (Å²) in [7, 11) is 5.13. The van der Waals surface area contributed by atoms with E-state index in [0.717, 1.165) is 15.7 Å². The molecule has 1 fully saturated rings. The van der Waals surface area contributed by atoms with Crippen molar-refractivity contribution in [2.75, 3.05) is 26.1 Å². The summed E-state index contributed by atoms with van der Waals surface area (Å²) in [6, 6.07) is 13.1. The van der Waals surface area contributed by atoms with E-state index in [1.54, 1.807) is 26.1 Å². The molecule has 1 N–H and O–H groups in total. The van der Waals surface area contributed by atoms with Gasteiger partial charge in [0, 0.05) is 29.8 Å². The van der Waals surface area contributed by atoms with Crippen molar-refractivity contribution in [2.45, 2.75) is 18.7 Å². The van der Waals surface area contributed by atoms with Gasteiger partial charge in [0.25, 0.3) is 0 Å². The molecule has 1 saturated heterocycles. The zero-order chi connectivity index (χ0) is 20.9. The maximum Gasteiger partial charge on any atom is 0.233 e. The molecule has 152 valence electrons. The van der Waals surface area contributed by atoms with Gasteiger partial charge in [-0.3, -0.25) is 9.69 Å². The van der Waals surface area contributed by atoms with Gasteiger partial charge in [-0.25, -0.2) is 0 Å². The number of amides is 1. The summed E-state index contributed by atoms with van der Waals surface area (Å²) in [4.78, 5) is 16.8. The summed E-state index contributed by atoms with van der Waals surface area (Å²) in [5.41, 5.74) is 0.712. The number of halogens is 1. The first kappa shape index (κ1) is 20.0. The number of hydrogen-bond donors (Lipinski definition) is 1. The number of anilines is 1. The Bertz CT molecular complexity index is 982. The number of benzene rings is 2. The van der Waals surface area contributed by atoms with Crippen LogP contribution < -0.4 is 19.7 Å². The van der Waals surface area contributed by atoms with Crippen molar-refractivity contribution in [2.24, 2.45) is 5.92 Å². The number of nitrogens with one attached hydrogen (secondary N) is 1. The van der Waals surface area contributed by atoms with E-state index in [1.807, 2.05) is 54.3 Å². The lowest BCUT2D eigenvalue weighted by Crippen LogP contribution is -2.72. The van der Waals surface area contributed by atoms with Crippen LogP contribution >= 0.6 is 28.1 Å². The number of carbonyl (C=O) groups is 1. The zero-order valence-electron chi connectivity index (χ0n) is 16.6. The highest BCUT2D eigenvalue weighted by Crippen LogP contribution is 2.50. The van der Waals surface area contributed by atoms with Crippen LogP contribution in [0.3, 0.4) is 0 Å². The van der Waals surface area contributed by atoms with Crippen LogP contribution in [0.15, 0.2) is 46.9 Å². The number of rotatable bonds is 3. The van der Waals surface area contributed by atoms with Crippen molar-refractivity contribution in [3.05, 3.63) is 52.5 Å². The van der Waals surface area contributed by atoms with Crippen LogP contribution in [0.5, 0.6) is 11.5 Å². The van der Waals surface area contributed by atoms with Gasteiger partial charge >= 0.3 is 0 Å². The third kappa shape index (κ3) is 3.14. The molecule has 3 atom stereocenters. The normalized spacial score (nSPS) is 24.9. The lowest BCUT2D eigenvalue weighted by Gasteiger charge is -2.56. The molecule has 4 rings (SSSR count). The molecule has 0 saturated carbocycles. The third-order valence-corrected chi connectivity index (χ3v) is 6.33. The molecule has 1 amide bonds. The third-order valence-electron chi connectivity index (χ3n) is 5.50. The predicted octanol–water partition coefficient (Wildman–Crippen LogP) is 3.71. The highest BCUT2D eigenvalue weighted by atomic mass is 79.9. The highest BCUT2D eigenvalue weighted by molar-refractivity contribution is 9.10. The Morgan fingerprint density at radius 3 is 2.59 bits per heavy atom. The molecule has 6 nitrogen and oxygen atoms in total. The minimum Gasteiger partial charge on any atom is -0.497 e. The first-order chi connectivity index (χ1) is 13.8. The molecule has 0 unspecified atom stereocenters. The summed E-state index contributed by atoms with van der Waals surface area (Å²) in [6.45, 7) is 1.93. The molecule has 2 heterocycles. The number of hydrogen-bond acceptors (Lipinski definition) is 4. The summed E-state index contributed by atoms with van der Waals surface area (Å²) >= 11 is 9.20. The van der Waals surface area contributed by atoms with Crippen molar-refractivity contribution >= 4 is 44.9 Å². The molecular weight excluding hydrogens is 454 g/mol. The van der Waals surface area contributed by atoms with Gasteiger partial charge in [-0.1, -0.05) is 15.9 Å². The largest absolute Gasteiger partial charge is 0.497 e. The minimum atomic E-state index is -0.996. The van der Waals surface area contributed by atoms with Gasteiger partial charge in [-0.05, 0) is 61.6 Å². The lowest BCUT2D eigenvalue weighted by atomic mass is 9.78. The molecule has 2 aromatic carbocycles. The second-order valence-corrected chi connectivity index (χ2v) is 8.81. The van der Waals surface area contributed by atoms with E-state index in [2.05, 4.69) is 21.2 Å². The van der Waals surface area contributed by atoms with Crippen molar-refractivity contribution in [3.63, 3.8) is 0 Å². The van der Waals surface area contributed by atoms with E-state index in [1.165, 1.54) is 0 Å². The van der Waals surface area contributed by atoms with Crippen LogP contribution in [0.4, 0.5) is 5.69 Å². The molecule has 8 heteroatoms. The SMILES string of the molecule is COc1ccc2c(c1)[C@H]1NC(=S)N(c3ccc(Br)cc3)[C@@](C)(O2)[C@H]1C(=O)N(C)C. The monoisotopic (exact) mass is 475 g/mol. The topological polar surface area (TPSA) is 54.0 Å². The fraction of sp³-hybridized carbons (Fsp3) is 0.333. The van der Waals surface area contributed by atoms with Crippen LogP contribution in [0.1, 0.15) is 18.5 Å². The number of carbonyl (C=O) groups excluding carboxylic acids is 1. The molecule has 0 spiro atoms. The lowest BCUT2D eigenvalue weighted by molar-refractivity contribution is -0.144. The Morgan fingerprint density at radius 2 is 1.97 bits per heavy atom. The first-order valence-corrected chi connectivity index (χ1v) is 10.4. The first-order valence-electron chi connectivity index (χ1n) is 9.20. The van der Waals surface area contributed by atoms with E-state index >= 15 is 0 Å². The van der Waals surface area contributed by atoms with Gasteiger partial charge in [0.15, 0.2) is 10.8 Å². The van der Waals surface area contributed by atoms with Crippen molar-refractivity contribution in [1.82, 2.24) is 10.2 Å². The van der Waals surface area contributed by atoms with Gasteiger partial charge in [-0.2, -0.15) is 0 Å². The maximum absolute atomic E-state index is 13.3. The predicted molar refractivity (Wildman–Crippen MR) is 119 cm³/mol.